The van der Waals surface area contributed by atoms with E-state index in [4.69, 9.17) is 4.74 Å². The zero-order valence-corrected chi connectivity index (χ0v) is 17.7. The molecule has 1 atom stereocenters. The molecule has 1 saturated heterocycles. The molecule has 30 heavy (non-hydrogen) atoms. The number of sulfonamides is 1. The van der Waals surface area contributed by atoms with Crippen LogP contribution in [0.15, 0.2) is 48.8 Å². The lowest BCUT2D eigenvalue weighted by atomic mass is 10.1. The highest BCUT2D eigenvalue weighted by atomic mass is 32.2. The first kappa shape index (κ1) is 22.4. The first-order chi connectivity index (χ1) is 14.4. The maximum absolute atomic E-state index is 12.9. The molecule has 1 unspecified atom stereocenters. The lowest BCUT2D eigenvalue weighted by molar-refractivity contribution is -0.159. The Balaban J connectivity index is 1.57. The average molecular weight is 434 g/mol. The van der Waals surface area contributed by atoms with Gasteiger partial charge in [0.15, 0.2) is 0 Å². The number of rotatable bonds is 9. The average Bonchev–Trinajstić information content (AvgIpc) is 2.76. The number of piperidine rings is 1. The molecule has 0 radical (unpaired) electrons. The summed E-state index contributed by atoms with van der Waals surface area (Å²) in [5.41, 5.74) is 2.72. The van der Waals surface area contributed by atoms with Gasteiger partial charge in [0.2, 0.25) is 16.4 Å². The van der Waals surface area contributed by atoms with Gasteiger partial charge in [0.05, 0.1) is 18.5 Å². The summed E-state index contributed by atoms with van der Waals surface area (Å²) >= 11 is 0. The second kappa shape index (κ2) is 10.1. The largest absolute Gasteiger partial charge is 0.373 e. The molecule has 1 fully saturated rings. The van der Waals surface area contributed by atoms with Crippen LogP contribution in [0.4, 0.5) is 0 Å². The molecular weight excluding hydrogens is 406 g/mol. The molecule has 162 valence electrons. The number of pyridine rings is 1. The summed E-state index contributed by atoms with van der Waals surface area (Å²) in [5, 5.41) is 10.3. The van der Waals surface area contributed by atoms with Crippen LogP contribution in [0.2, 0.25) is 0 Å². The molecule has 2 heterocycles. The molecule has 8 nitrogen and oxygen atoms in total. The number of aromatic nitrogens is 1. The minimum absolute atomic E-state index is 0.00426. The molecule has 1 aromatic carbocycles. The molecule has 3 rings (SSSR count). The maximum atomic E-state index is 12.9. The molecule has 1 aromatic heterocycles. The lowest BCUT2D eigenvalue weighted by Gasteiger charge is -2.33. The topological polar surface area (TPSA) is 100 Å². The summed E-state index contributed by atoms with van der Waals surface area (Å²) in [7, 11) is -3.69. The van der Waals surface area contributed by atoms with Gasteiger partial charge in [0, 0.05) is 25.5 Å². The second-order valence-corrected chi connectivity index (χ2v) is 9.48. The Morgan fingerprint density at radius 3 is 2.70 bits per heavy atom. The Morgan fingerprint density at radius 2 is 2.07 bits per heavy atom. The fourth-order valence-corrected chi connectivity index (χ4v) is 5.29. The Bertz CT molecular complexity index is 931. The van der Waals surface area contributed by atoms with E-state index >= 15 is 0 Å². The lowest BCUT2D eigenvalue weighted by Crippen LogP contribution is -2.44. The van der Waals surface area contributed by atoms with Gasteiger partial charge < -0.3 is 4.74 Å². The smallest absolute Gasteiger partial charge is 0.233 e. The summed E-state index contributed by atoms with van der Waals surface area (Å²) < 4.78 is 33.2. The van der Waals surface area contributed by atoms with Crippen LogP contribution < -0.4 is 0 Å². The zero-order valence-electron chi connectivity index (χ0n) is 16.9. The number of ether oxygens (including phenoxy) is 1. The van der Waals surface area contributed by atoms with E-state index in [1.54, 1.807) is 18.3 Å². The van der Waals surface area contributed by atoms with E-state index in [2.05, 4.69) is 11.1 Å². The van der Waals surface area contributed by atoms with Gasteiger partial charge in [0.25, 0.3) is 0 Å². The Labute approximate surface area is 177 Å². The van der Waals surface area contributed by atoms with Crippen molar-refractivity contribution in [2.24, 2.45) is 0 Å². The van der Waals surface area contributed by atoms with E-state index in [1.807, 2.05) is 25.1 Å². The predicted molar refractivity (Wildman–Crippen MR) is 111 cm³/mol. The minimum Gasteiger partial charge on any atom is -0.373 e. The van der Waals surface area contributed by atoms with Crippen molar-refractivity contribution in [1.29, 1.82) is 0 Å². The van der Waals surface area contributed by atoms with E-state index in [0.717, 1.165) is 5.56 Å². The van der Waals surface area contributed by atoms with Crippen LogP contribution >= 0.6 is 0 Å². The molecule has 1 aliphatic rings. The van der Waals surface area contributed by atoms with Crippen LogP contribution in [0.25, 0.3) is 0 Å². The van der Waals surface area contributed by atoms with Gasteiger partial charge in [0.1, 0.15) is 6.04 Å². The van der Waals surface area contributed by atoms with E-state index in [1.165, 1.54) is 16.1 Å². The molecule has 2 aromatic rings. The number of amides is 1. The molecule has 1 N–H and O–H groups in total. The molecule has 1 amide bonds. The van der Waals surface area contributed by atoms with Crippen molar-refractivity contribution in [3.63, 3.8) is 0 Å². The normalized spacial score (nSPS) is 16.9. The van der Waals surface area contributed by atoms with Crippen molar-refractivity contribution in [2.75, 3.05) is 18.8 Å². The monoisotopic (exact) mass is 433 g/mol. The number of hydrogen-bond acceptors (Lipinski definition) is 6. The molecule has 0 aliphatic carbocycles. The molecule has 9 heteroatoms. The van der Waals surface area contributed by atoms with Gasteiger partial charge >= 0.3 is 0 Å². The highest BCUT2D eigenvalue weighted by molar-refractivity contribution is 7.89. The summed E-state index contributed by atoms with van der Waals surface area (Å²) in [5.74, 6) is -0.414. The Kier molecular flexibility index (Phi) is 7.54. The van der Waals surface area contributed by atoms with E-state index in [0.29, 0.717) is 43.2 Å². The third kappa shape index (κ3) is 5.85. The van der Waals surface area contributed by atoms with Crippen molar-refractivity contribution in [3.05, 3.63) is 65.5 Å². The van der Waals surface area contributed by atoms with Crippen LogP contribution in [-0.4, -0.2) is 59.3 Å². The van der Waals surface area contributed by atoms with Crippen LogP contribution in [0, 0.1) is 6.92 Å². The molecule has 0 spiro atoms. The van der Waals surface area contributed by atoms with Gasteiger partial charge in [-0.05, 0) is 37.0 Å². The molecule has 1 aliphatic heterocycles. The van der Waals surface area contributed by atoms with Crippen molar-refractivity contribution >= 4 is 16.4 Å². The van der Waals surface area contributed by atoms with Crippen LogP contribution in [0.3, 0.4) is 0 Å². The number of nitrogens with zero attached hydrogens (tertiary/aromatic N) is 3. The summed E-state index contributed by atoms with van der Waals surface area (Å²) in [6.07, 6.45) is 4.38. The zero-order chi connectivity index (χ0) is 21.6. The highest BCUT2D eigenvalue weighted by Crippen LogP contribution is 2.24. The van der Waals surface area contributed by atoms with Crippen molar-refractivity contribution in [1.82, 2.24) is 14.4 Å². The SMILES string of the molecule is Cc1cccc(COC2CCN(S(=O)(=O)CC(c3cccnc3)N(O)C=O)CC2)c1. The molecule has 0 bridgehead atoms. The van der Waals surface area contributed by atoms with E-state index < -0.39 is 21.8 Å². The number of carbonyl (C=O) groups is 1. The number of hydroxylamine groups is 2. The standard InChI is InChI=1S/C21H27N3O5S/c1-17-4-2-5-18(12-17)14-29-20-7-10-23(11-8-20)30(27,28)15-21(24(26)16-25)19-6-3-9-22-13-19/h2-6,9,12-13,16,20-21,26H,7-8,10-11,14-15H2,1H3. The number of carbonyl (C=O) groups excluding carboxylic acids is 1. The maximum Gasteiger partial charge on any atom is 0.233 e. The van der Waals surface area contributed by atoms with E-state index in [-0.39, 0.29) is 12.5 Å². The highest BCUT2D eigenvalue weighted by Gasteiger charge is 2.33. The van der Waals surface area contributed by atoms with Crippen molar-refractivity contribution in [3.8, 4) is 0 Å². The fourth-order valence-electron chi connectivity index (χ4n) is 3.57. The molecular formula is C21H27N3O5S. The van der Waals surface area contributed by atoms with Crippen molar-refractivity contribution in [2.45, 2.75) is 38.5 Å². The summed E-state index contributed by atoms with van der Waals surface area (Å²) in [4.78, 5) is 15.0. The quantitative estimate of drug-likeness (QED) is 0.370. The van der Waals surface area contributed by atoms with Crippen LogP contribution in [0.1, 0.15) is 35.6 Å². The number of hydrogen-bond donors (Lipinski definition) is 1. The number of benzene rings is 1. The van der Waals surface area contributed by atoms with Crippen LogP contribution in [0.5, 0.6) is 0 Å². The fraction of sp³-hybridized carbons (Fsp3) is 0.429. The van der Waals surface area contributed by atoms with Crippen molar-refractivity contribution < 1.29 is 23.2 Å². The third-order valence-electron chi connectivity index (χ3n) is 5.23. The van der Waals surface area contributed by atoms with Gasteiger partial charge in [-0.25, -0.2) is 17.8 Å². The Morgan fingerprint density at radius 1 is 1.30 bits per heavy atom. The van der Waals surface area contributed by atoms with Gasteiger partial charge in [-0.15, -0.1) is 0 Å². The Hall–Kier alpha value is -2.33. The van der Waals surface area contributed by atoms with Gasteiger partial charge in [-0.1, -0.05) is 35.9 Å². The summed E-state index contributed by atoms with van der Waals surface area (Å²) in [6.45, 7) is 3.21. The van der Waals surface area contributed by atoms with Gasteiger partial charge in [-0.3, -0.25) is 15.0 Å². The second-order valence-electron chi connectivity index (χ2n) is 7.46. The predicted octanol–water partition coefficient (Wildman–Crippen LogP) is 2.29. The first-order valence-corrected chi connectivity index (χ1v) is 11.5. The summed E-state index contributed by atoms with van der Waals surface area (Å²) in [6, 6.07) is 10.4. The number of aryl methyl sites for hydroxylation is 1. The molecule has 0 saturated carbocycles. The first-order valence-electron chi connectivity index (χ1n) is 9.86. The van der Waals surface area contributed by atoms with E-state index in [9.17, 15) is 18.4 Å². The van der Waals surface area contributed by atoms with Gasteiger partial charge in [-0.2, -0.15) is 0 Å². The van der Waals surface area contributed by atoms with Crippen LogP contribution in [-0.2, 0) is 26.2 Å². The minimum atomic E-state index is -3.69. The third-order valence-corrected chi connectivity index (χ3v) is 7.12.